The highest BCUT2D eigenvalue weighted by Gasteiger charge is 2.23. The normalized spacial score (nSPS) is 22.2. The van der Waals surface area contributed by atoms with E-state index in [4.69, 9.17) is 16.3 Å². The first-order valence-corrected chi connectivity index (χ1v) is 8.90. The molecular weight excluding hydrogens is 296 g/mol. The summed E-state index contributed by atoms with van der Waals surface area (Å²) >= 11 is 6.17. The van der Waals surface area contributed by atoms with Crippen LogP contribution >= 0.6 is 11.6 Å². The van der Waals surface area contributed by atoms with Crippen molar-refractivity contribution in [2.45, 2.75) is 25.7 Å². The highest BCUT2D eigenvalue weighted by molar-refractivity contribution is 6.30. The second-order valence-corrected chi connectivity index (χ2v) is 7.21. The molecule has 0 radical (unpaired) electrons. The van der Waals surface area contributed by atoms with Crippen molar-refractivity contribution >= 4 is 11.6 Å². The van der Waals surface area contributed by atoms with Crippen LogP contribution in [0.5, 0.6) is 5.75 Å². The lowest BCUT2D eigenvalue weighted by molar-refractivity contribution is 0.291. The fourth-order valence-corrected chi connectivity index (χ4v) is 3.42. The Morgan fingerprint density at radius 3 is 2.91 bits per heavy atom. The van der Waals surface area contributed by atoms with Gasteiger partial charge in [0.1, 0.15) is 5.75 Å². The maximum atomic E-state index is 6.17. The lowest BCUT2D eigenvalue weighted by Gasteiger charge is -2.18. The molecule has 0 aromatic heterocycles. The Morgan fingerprint density at radius 2 is 2.14 bits per heavy atom. The first-order chi connectivity index (χ1) is 10.7. The summed E-state index contributed by atoms with van der Waals surface area (Å²) in [6.45, 7) is 5.51. The number of hydrogen-bond donors (Lipinski definition) is 1. The lowest BCUT2D eigenvalue weighted by Crippen LogP contribution is -2.26. The SMILES string of the molecule is CNCC1CCN(CCc2cc(Cl)ccc2OCC2CC2)C1. The van der Waals surface area contributed by atoms with Gasteiger partial charge in [0.15, 0.2) is 0 Å². The third-order valence-electron chi connectivity index (χ3n) is 4.75. The predicted octanol–water partition coefficient (Wildman–Crippen LogP) is 3.21. The number of hydrogen-bond acceptors (Lipinski definition) is 3. The van der Waals surface area contributed by atoms with Crippen molar-refractivity contribution in [1.29, 1.82) is 0 Å². The molecule has 0 bridgehead atoms. The summed E-state index contributed by atoms with van der Waals surface area (Å²) < 4.78 is 6.00. The van der Waals surface area contributed by atoms with E-state index in [0.717, 1.165) is 48.7 Å². The van der Waals surface area contributed by atoms with Crippen LogP contribution in [0.1, 0.15) is 24.8 Å². The molecule has 0 spiro atoms. The van der Waals surface area contributed by atoms with Crippen molar-refractivity contribution in [2.24, 2.45) is 11.8 Å². The topological polar surface area (TPSA) is 24.5 Å². The Morgan fingerprint density at radius 1 is 1.27 bits per heavy atom. The molecule has 122 valence electrons. The van der Waals surface area contributed by atoms with E-state index in [1.54, 1.807) is 0 Å². The third-order valence-corrected chi connectivity index (χ3v) is 4.99. The number of halogens is 1. The van der Waals surface area contributed by atoms with E-state index < -0.39 is 0 Å². The maximum Gasteiger partial charge on any atom is 0.122 e. The molecule has 1 N–H and O–H groups in total. The van der Waals surface area contributed by atoms with Gasteiger partial charge in [0, 0.05) is 18.1 Å². The molecule has 1 aromatic rings. The summed E-state index contributed by atoms with van der Waals surface area (Å²) in [4.78, 5) is 2.56. The molecule has 1 aliphatic carbocycles. The summed E-state index contributed by atoms with van der Waals surface area (Å²) in [5.74, 6) is 2.61. The highest BCUT2D eigenvalue weighted by atomic mass is 35.5. The van der Waals surface area contributed by atoms with Crippen molar-refractivity contribution in [3.8, 4) is 5.75 Å². The van der Waals surface area contributed by atoms with E-state index in [9.17, 15) is 0 Å². The second-order valence-electron chi connectivity index (χ2n) is 6.77. The Bertz CT molecular complexity index is 490. The van der Waals surface area contributed by atoms with E-state index in [-0.39, 0.29) is 0 Å². The van der Waals surface area contributed by atoms with Crippen LogP contribution in [0.2, 0.25) is 5.02 Å². The number of nitrogens with one attached hydrogen (secondary N) is 1. The van der Waals surface area contributed by atoms with Gasteiger partial charge in [0.25, 0.3) is 0 Å². The zero-order valence-corrected chi connectivity index (χ0v) is 14.2. The molecule has 4 heteroatoms. The fraction of sp³-hybridized carbons (Fsp3) is 0.667. The van der Waals surface area contributed by atoms with Crippen molar-refractivity contribution in [2.75, 3.05) is 39.8 Å². The van der Waals surface area contributed by atoms with Gasteiger partial charge in [-0.1, -0.05) is 11.6 Å². The standard InChI is InChI=1S/C18H27ClN2O/c1-20-11-15-6-8-21(12-15)9-7-16-10-17(19)4-5-18(16)22-13-14-2-3-14/h4-5,10,14-15,20H,2-3,6-9,11-13H2,1H3. The number of rotatable bonds is 8. The van der Waals surface area contributed by atoms with Crippen LogP contribution in [0.15, 0.2) is 18.2 Å². The van der Waals surface area contributed by atoms with E-state index in [1.165, 1.54) is 37.9 Å². The zero-order chi connectivity index (χ0) is 15.4. The second kappa shape index (κ2) is 7.67. The monoisotopic (exact) mass is 322 g/mol. The van der Waals surface area contributed by atoms with Crippen molar-refractivity contribution in [3.63, 3.8) is 0 Å². The van der Waals surface area contributed by atoms with Gasteiger partial charge in [0.05, 0.1) is 6.61 Å². The van der Waals surface area contributed by atoms with Gasteiger partial charge in [-0.3, -0.25) is 0 Å². The summed E-state index contributed by atoms with van der Waals surface area (Å²) in [5, 5.41) is 4.10. The summed E-state index contributed by atoms with van der Waals surface area (Å²) in [6.07, 6.45) is 4.97. The molecule has 1 saturated heterocycles. The molecule has 1 unspecified atom stereocenters. The van der Waals surface area contributed by atoms with E-state index >= 15 is 0 Å². The minimum atomic E-state index is 0.782. The van der Waals surface area contributed by atoms with Gasteiger partial charge in [-0.2, -0.15) is 0 Å². The maximum absolute atomic E-state index is 6.17. The lowest BCUT2D eigenvalue weighted by atomic mass is 10.1. The molecule has 1 aromatic carbocycles. The smallest absolute Gasteiger partial charge is 0.122 e. The number of nitrogens with zero attached hydrogens (tertiary/aromatic N) is 1. The number of likely N-dealkylation sites (tertiary alicyclic amines) is 1. The Labute approximate surface area is 139 Å². The Kier molecular flexibility index (Phi) is 5.61. The Hall–Kier alpha value is -0.770. The summed E-state index contributed by atoms with van der Waals surface area (Å²) in [6, 6.07) is 6.05. The molecule has 1 aliphatic heterocycles. The minimum absolute atomic E-state index is 0.782. The molecule has 1 saturated carbocycles. The van der Waals surface area contributed by atoms with Crippen LogP contribution in [0.4, 0.5) is 0 Å². The van der Waals surface area contributed by atoms with Crippen LogP contribution in [0, 0.1) is 11.8 Å². The zero-order valence-electron chi connectivity index (χ0n) is 13.5. The average Bonchev–Trinajstić information content (AvgIpc) is 3.23. The van der Waals surface area contributed by atoms with Crippen molar-refractivity contribution < 1.29 is 4.74 Å². The van der Waals surface area contributed by atoms with E-state index in [1.807, 2.05) is 19.2 Å². The molecule has 2 aliphatic rings. The van der Waals surface area contributed by atoms with Gasteiger partial charge in [0.2, 0.25) is 0 Å². The predicted molar refractivity (Wildman–Crippen MR) is 91.8 cm³/mol. The molecular formula is C18H27ClN2O. The number of ether oxygens (including phenoxy) is 1. The summed E-state index contributed by atoms with van der Waals surface area (Å²) in [7, 11) is 2.04. The molecule has 1 atom stereocenters. The first kappa shape index (κ1) is 16.1. The average molecular weight is 323 g/mol. The molecule has 0 amide bonds. The highest BCUT2D eigenvalue weighted by Crippen LogP contribution is 2.31. The quantitative estimate of drug-likeness (QED) is 0.795. The van der Waals surface area contributed by atoms with E-state index in [0.29, 0.717) is 0 Å². The van der Waals surface area contributed by atoms with Gasteiger partial charge < -0.3 is 15.0 Å². The van der Waals surface area contributed by atoms with Crippen LogP contribution in [-0.2, 0) is 6.42 Å². The van der Waals surface area contributed by atoms with E-state index in [2.05, 4.69) is 16.3 Å². The van der Waals surface area contributed by atoms with Crippen LogP contribution in [0.25, 0.3) is 0 Å². The summed E-state index contributed by atoms with van der Waals surface area (Å²) in [5.41, 5.74) is 1.25. The minimum Gasteiger partial charge on any atom is -0.493 e. The number of benzene rings is 1. The van der Waals surface area contributed by atoms with Gasteiger partial charge in [-0.25, -0.2) is 0 Å². The largest absolute Gasteiger partial charge is 0.493 e. The fourth-order valence-electron chi connectivity index (χ4n) is 3.23. The molecule has 1 heterocycles. The molecule has 22 heavy (non-hydrogen) atoms. The van der Waals surface area contributed by atoms with Crippen LogP contribution in [-0.4, -0.2) is 44.7 Å². The van der Waals surface area contributed by atoms with Gasteiger partial charge in [-0.05, 0) is 81.4 Å². The Balaban J connectivity index is 1.53. The van der Waals surface area contributed by atoms with Gasteiger partial charge in [-0.15, -0.1) is 0 Å². The molecule has 3 nitrogen and oxygen atoms in total. The first-order valence-electron chi connectivity index (χ1n) is 8.53. The van der Waals surface area contributed by atoms with Crippen LogP contribution < -0.4 is 10.1 Å². The van der Waals surface area contributed by atoms with Crippen LogP contribution in [0.3, 0.4) is 0 Å². The van der Waals surface area contributed by atoms with Crippen molar-refractivity contribution in [1.82, 2.24) is 10.2 Å². The van der Waals surface area contributed by atoms with Crippen molar-refractivity contribution in [3.05, 3.63) is 28.8 Å². The molecule has 3 rings (SSSR count). The third kappa shape index (κ3) is 4.61. The van der Waals surface area contributed by atoms with Gasteiger partial charge >= 0.3 is 0 Å². The molecule has 2 fully saturated rings.